The first-order valence-electron chi connectivity index (χ1n) is 9.09. The number of hydrogen-bond donors (Lipinski definition) is 1. The van der Waals surface area contributed by atoms with Gasteiger partial charge in [0, 0.05) is 12.0 Å². The highest BCUT2D eigenvalue weighted by Gasteiger charge is 2.28. The molecule has 1 atom stereocenters. The standard InChI is InChI=1S/C23H18FNO4/c1-28-20-5-3-2-4-19(20)25-22(26)15-8-11-18-16(12-15)13-21(29-23(18)27)14-6-9-17(24)10-7-14/h2-12,21H,13H2,1H3,(H,25,26)/t21-/m1/s1. The van der Waals surface area contributed by atoms with E-state index in [1.807, 2.05) is 6.07 Å². The van der Waals surface area contributed by atoms with Crippen LogP contribution in [-0.4, -0.2) is 19.0 Å². The fourth-order valence-electron chi connectivity index (χ4n) is 3.34. The second-order valence-corrected chi connectivity index (χ2v) is 6.68. The molecule has 1 amide bonds. The highest BCUT2D eigenvalue weighted by Crippen LogP contribution is 2.31. The fraction of sp³-hybridized carbons (Fsp3) is 0.130. The molecule has 6 heteroatoms. The molecule has 0 aliphatic carbocycles. The minimum Gasteiger partial charge on any atom is -0.495 e. The molecule has 146 valence electrons. The Morgan fingerprint density at radius 3 is 2.62 bits per heavy atom. The second-order valence-electron chi connectivity index (χ2n) is 6.68. The zero-order valence-corrected chi connectivity index (χ0v) is 15.6. The number of nitrogens with one attached hydrogen (secondary N) is 1. The van der Waals surface area contributed by atoms with Crippen LogP contribution in [0.2, 0.25) is 0 Å². The monoisotopic (exact) mass is 391 g/mol. The van der Waals surface area contributed by atoms with Crippen LogP contribution in [0.4, 0.5) is 10.1 Å². The van der Waals surface area contributed by atoms with Gasteiger partial charge in [-0.1, -0.05) is 24.3 Å². The van der Waals surface area contributed by atoms with Crippen LogP contribution in [0.15, 0.2) is 66.7 Å². The number of fused-ring (bicyclic) bond motifs is 1. The number of anilines is 1. The van der Waals surface area contributed by atoms with Crippen molar-refractivity contribution >= 4 is 17.6 Å². The van der Waals surface area contributed by atoms with Crippen LogP contribution >= 0.6 is 0 Å². The number of methoxy groups -OCH3 is 1. The van der Waals surface area contributed by atoms with Crippen molar-refractivity contribution in [2.24, 2.45) is 0 Å². The summed E-state index contributed by atoms with van der Waals surface area (Å²) in [4.78, 5) is 25.1. The molecule has 1 aliphatic heterocycles. The molecular weight excluding hydrogens is 373 g/mol. The summed E-state index contributed by atoms with van der Waals surface area (Å²) < 4.78 is 23.9. The van der Waals surface area contributed by atoms with E-state index in [0.29, 0.717) is 40.1 Å². The number of ether oxygens (including phenoxy) is 2. The number of cyclic esters (lactones) is 1. The molecule has 0 spiro atoms. The van der Waals surface area contributed by atoms with Gasteiger partial charge >= 0.3 is 5.97 Å². The van der Waals surface area contributed by atoms with Gasteiger partial charge in [0.05, 0.1) is 18.4 Å². The Balaban J connectivity index is 1.59. The number of para-hydroxylation sites is 2. The number of carbonyl (C=O) groups excluding carboxylic acids is 2. The first-order valence-corrected chi connectivity index (χ1v) is 9.09. The summed E-state index contributed by atoms with van der Waals surface area (Å²) in [5, 5.41) is 2.82. The Morgan fingerprint density at radius 2 is 1.86 bits per heavy atom. The summed E-state index contributed by atoms with van der Waals surface area (Å²) in [6.45, 7) is 0. The van der Waals surface area contributed by atoms with Crippen molar-refractivity contribution in [3.8, 4) is 5.75 Å². The van der Waals surface area contributed by atoms with Gasteiger partial charge in [0.15, 0.2) is 0 Å². The molecule has 4 rings (SSSR count). The molecule has 1 heterocycles. The maximum atomic E-state index is 13.2. The molecule has 0 saturated carbocycles. The zero-order chi connectivity index (χ0) is 20.4. The number of benzene rings is 3. The van der Waals surface area contributed by atoms with Gasteiger partial charge in [-0.15, -0.1) is 0 Å². The van der Waals surface area contributed by atoms with Crippen molar-refractivity contribution < 1.29 is 23.5 Å². The molecule has 0 fully saturated rings. The van der Waals surface area contributed by atoms with E-state index >= 15 is 0 Å². The molecule has 0 bridgehead atoms. The minimum absolute atomic E-state index is 0.311. The average Bonchev–Trinajstić information content (AvgIpc) is 2.74. The van der Waals surface area contributed by atoms with Crippen molar-refractivity contribution in [1.82, 2.24) is 0 Å². The maximum absolute atomic E-state index is 13.2. The molecule has 29 heavy (non-hydrogen) atoms. The van der Waals surface area contributed by atoms with Crippen LogP contribution in [0.3, 0.4) is 0 Å². The van der Waals surface area contributed by atoms with Crippen LogP contribution in [0.1, 0.15) is 37.9 Å². The van der Waals surface area contributed by atoms with Gasteiger partial charge in [-0.25, -0.2) is 9.18 Å². The molecular formula is C23H18FNO4. The predicted octanol–water partition coefficient (Wildman–Crippen LogP) is 4.54. The van der Waals surface area contributed by atoms with E-state index in [0.717, 1.165) is 0 Å². The molecule has 3 aromatic rings. The van der Waals surface area contributed by atoms with E-state index in [2.05, 4.69) is 5.32 Å². The summed E-state index contributed by atoms with van der Waals surface area (Å²) in [6.07, 6.45) is -0.120. The lowest BCUT2D eigenvalue weighted by atomic mass is 9.93. The normalized spacial score (nSPS) is 15.2. The van der Waals surface area contributed by atoms with Gasteiger partial charge in [0.1, 0.15) is 17.7 Å². The highest BCUT2D eigenvalue weighted by molar-refractivity contribution is 6.06. The van der Waals surface area contributed by atoms with Crippen molar-refractivity contribution in [3.05, 3.63) is 94.8 Å². The summed E-state index contributed by atoms with van der Waals surface area (Å²) in [6, 6.07) is 17.8. The SMILES string of the molecule is COc1ccccc1NC(=O)c1ccc2c(c1)C[C@H](c1ccc(F)cc1)OC2=O. The second kappa shape index (κ2) is 7.75. The number of rotatable bonds is 4. The summed E-state index contributed by atoms with van der Waals surface area (Å²) in [7, 11) is 1.53. The fourth-order valence-corrected chi connectivity index (χ4v) is 3.34. The van der Waals surface area contributed by atoms with Gasteiger partial charge < -0.3 is 14.8 Å². The van der Waals surface area contributed by atoms with Crippen molar-refractivity contribution in [1.29, 1.82) is 0 Å². The van der Waals surface area contributed by atoms with Crippen LogP contribution in [0, 0.1) is 5.82 Å². The lowest BCUT2D eigenvalue weighted by Crippen LogP contribution is -2.23. The Labute approximate surface area is 167 Å². The Morgan fingerprint density at radius 1 is 1.10 bits per heavy atom. The van der Waals surface area contributed by atoms with Gasteiger partial charge in [-0.2, -0.15) is 0 Å². The molecule has 0 radical (unpaired) electrons. The minimum atomic E-state index is -0.525. The predicted molar refractivity (Wildman–Crippen MR) is 106 cm³/mol. The third-order valence-electron chi connectivity index (χ3n) is 4.84. The van der Waals surface area contributed by atoms with E-state index in [1.54, 1.807) is 48.5 Å². The van der Waals surface area contributed by atoms with Gasteiger partial charge in [0.2, 0.25) is 0 Å². The van der Waals surface area contributed by atoms with E-state index in [1.165, 1.54) is 19.2 Å². The molecule has 1 N–H and O–H groups in total. The molecule has 3 aromatic carbocycles. The van der Waals surface area contributed by atoms with Crippen LogP contribution in [0.25, 0.3) is 0 Å². The number of halogens is 1. The maximum Gasteiger partial charge on any atom is 0.339 e. The molecule has 0 aromatic heterocycles. The van der Waals surface area contributed by atoms with E-state index in [4.69, 9.17) is 9.47 Å². The number of hydrogen-bond acceptors (Lipinski definition) is 4. The van der Waals surface area contributed by atoms with Crippen molar-refractivity contribution in [2.45, 2.75) is 12.5 Å². The summed E-state index contributed by atoms with van der Waals surface area (Å²) in [5.41, 5.74) is 2.82. The highest BCUT2D eigenvalue weighted by atomic mass is 19.1. The van der Waals surface area contributed by atoms with Crippen molar-refractivity contribution in [2.75, 3.05) is 12.4 Å². The third kappa shape index (κ3) is 3.82. The van der Waals surface area contributed by atoms with E-state index < -0.39 is 12.1 Å². The first kappa shape index (κ1) is 18.7. The smallest absolute Gasteiger partial charge is 0.339 e. The van der Waals surface area contributed by atoms with Crippen LogP contribution in [0.5, 0.6) is 5.75 Å². The van der Waals surface area contributed by atoms with Crippen molar-refractivity contribution in [3.63, 3.8) is 0 Å². The van der Waals surface area contributed by atoms with Crippen LogP contribution < -0.4 is 10.1 Å². The largest absolute Gasteiger partial charge is 0.495 e. The lowest BCUT2D eigenvalue weighted by Gasteiger charge is -2.25. The molecule has 0 saturated heterocycles. The number of carbonyl (C=O) groups is 2. The molecule has 1 aliphatic rings. The Bertz CT molecular complexity index is 1080. The number of esters is 1. The Kier molecular flexibility index (Phi) is 4.99. The number of amides is 1. The average molecular weight is 391 g/mol. The van der Waals surface area contributed by atoms with E-state index in [-0.39, 0.29) is 11.7 Å². The van der Waals surface area contributed by atoms with Gasteiger partial charge in [-0.3, -0.25) is 4.79 Å². The Hall–Kier alpha value is -3.67. The molecule has 5 nitrogen and oxygen atoms in total. The third-order valence-corrected chi connectivity index (χ3v) is 4.84. The summed E-state index contributed by atoms with van der Waals surface area (Å²) >= 11 is 0. The summed E-state index contributed by atoms with van der Waals surface area (Å²) in [5.74, 6) is -0.572. The van der Waals surface area contributed by atoms with Gasteiger partial charge in [0.25, 0.3) is 5.91 Å². The quantitative estimate of drug-likeness (QED) is 0.663. The first-order chi connectivity index (χ1) is 14.0. The topological polar surface area (TPSA) is 64.6 Å². The zero-order valence-electron chi connectivity index (χ0n) is 15.6. The molecule has 0 unspecified atom stereocenters. The van der Waals surface area contributed by atoms with Crippen LogP contribution in [-0.2, 0) is 11.2 Å². The van der Waals surface area contributed by atoms with E-state index in [9.17, 15) is 14.0 Å². The van der Waals surface area contributed by atoms with Gasteiger partial charge in [-0.05, 0) is 53.6 Å². The lowest BCUT2D eigenvalue weighted by molar-refractivity contribution is 0.0252.